The minimum atomic E-state index is -0.348. The van der Waals surface area contributed by atoms with Crippen molar-refractivity contribution in [2.24, 2.45) is 0 Å². The molecule has 1 aliphatic heterocycles. The molecular weight excluding hydrogens is 217 g/mol. The first-order valence-corrected chi connectivity index (χ1v) is 5.83. The first kappa shape index (κ1) is 12.0. The molecule has 0 spiro atoms. The first-order valence-electron chi connectivity index (χ1n) is 5.83. The monoisotopic (exact) mass is 233 g/mol. The molecule has 0 aromatic heterocycles. The molecule has 1 unspecified atom stereocenters. The summed E-state index contributed by atoms with van der Waals surface area (Å²) in [7, 11) is 0. The van der Waals surface area contributed by atoms with E-state index in [2.05, 4.69) is 23.2 Å². The summed E-state index contributed by atoms with van der Waals surface area (Å²) in [5.74, 6) is -0.348. The number of rotatable bonds is 2. The van der Waals surface area contributed by atoms with E-state index in [1.807, 2.05) is 0 Å². The Kier molecular flexibility index (Phi) is 3.72. The summed E-state index contributed by atoms with van der Waals surface area (Å²) < 4.78 is 13.0. The number of nitrogens with one attached hydrogen (secondary N) is 1. The summed E-state index contributed by atoms with van der Waals surface area (Å²) in [6.45, 7) is 5.75. The van der Waals surface area contributed by atoms with Crippen LogP contribution < -0.4 is 5.32 Å². The molecule has 1 heterocycles. The van der Waals surface area contributed by atoms with E-state index in [1.54, 1.807) is 6.07 Å². The van der Waals surface area contributed by atoms with E-state index in [0.29, 0.717) is 11.6 Å². The minimum Gasteiger partial charge on any atom is -0.312 e. The standard InChI is InChI=1S/C13H16FN3/c1-10-8-17(5-4-16-10)9-11-2-3-13(14)6-12(11)7-15/h2-3,6,10,16H,4-5,8-9H2,1H3. The van der Waals surface area contributed by atoms with Crippen LogP contribution in [0.25, 0.3) is 0 Å². The largest absolute Gasteiger partial charge is 0.312 e. The quantitative estimate of drug-likeness (QED) is 0.841. The van der Waals surface area contributed by atoms with E-state index in [0.717, 1.165) is 31.7 Å². The smallest absolute Gasteiger partial charge is 0.124 e. The van der Waals surface area contributed by atoms with Gasteiger partial charge in [-0.25, -0.2) is 4.39 Å². The van der Waals surface area contributed by atoms with Crippen LogP contribution in [0.1, 0.15) is 18.1 Å². The zero-order valence-electron chi connectivity index (χ0n) is 9.91. The van der Waals surface area contributed by atoms with Gasteiger partial charge < -0.3 is 5.32 Å². The average Bonchev–Trinajstić information content (AvgIpc) is 2.31. The maximum absolute atomic E-state index is 13.0. The average molecular weight is 233 g/mol. The molecule has 3 nitrogen and oxygen atoms in total. The summed E-state index contributed by atoms with van der Waals surface area (Å²) >= 11 is 0. The Morgan fingerprint density at radius 1 is 1.59 bits per heavy atom. The molecule has 1 fully saturated rings. The molecule has 90 valence electrons. The summed E-state index contributed by atoms with van der Waals surface area (Å²) in [5, 5.41) is 12.3. The van der Waals surface area contributed by atoms with Crippen molar-refractivity contribution in [3.8, 4) is 6.07 Å². The van der Waals surface area contributed by atoms with Gasteiger partial charge in [0.25, 0.3) is 0 Å². The molecule has 0 saturated carbocycles. The van der Waals surface area contributed by atoms with Gasteiger partial charge >= 0.3 is 0 Å². The zero-order valence-corrected chi connectivity index (χ0v) is 9.91. The fraction of sp³-hybridized carbons (Fsp3) is 0.462. The van der Waals surface area contributed by atoms with E-state index >= 15 is 0 Å². The van der Waals surface area contributed by atoms with Gasteiger partial charge in [-0.3, -0.25) is 4.90 Å². The molecule has 1 aliphatic rings. The van der Waals surface area contributed by atoms with E-state index in [1.165, 1.54) is 12.1 Å². The molecular formula is C13H16FN3. The highest BCUT2D eigenvalue weighted by Crippen LogP contribution is 2.14. The molecule has 1 saturated heterocycles. The minimum absolute atomic E-state index is 0.348. The Morgan fingerprint density at radius 3 is 3.12 bits per heavy atom. The maximum atomic E-state index is 13.0. The lowest BCUT2D eigenvalue weighted by Gasteiger charge is -2.32. The van der Waals surface area contributed by atoms with Crippen molar-refractivity contribution in [2.75, 3.05) is 19.6 Å². The summed E-state index contributed by atoms with van der Waals surface area (Å²) in [4.78, 5) is 2.29. The Labute approximate surface area is 101 Å². The third kappa shape index (κ3) is 3.02. The number of benzene rings is 1. The Bertz CT molecular complexity index is 439. The highest BCUT2D eigenvalue weighted by molar-refractivity contribution is 5.37. The third-order valence-electron chi connectivity index (χ3n) is 3.04. The molecule has 2 rings (SSSR count). The second-order valence-corrected chi connectivity index (χ2v) is 4.50. The van der Waals surface area contributed by atoms with Gasteiger partial charge in [0.05, 0.1) is 11.6 Å². The molecule has 1 N–H and O–H groups in total. The maximum Gasteiger partial charge on any atom is 0.124 e. The van der Waals surface area contributed by atoms with Gasteiger partial charge in [-0.15, -0.1) is 0 Å². The Balaban J connectivity index is 2.10. The first-order chi connectivity index (χ1) is 8.19. The normalized spacial score (nSPS) is 21.1. The van der Waals surface area contributed by atoms with E-state index < -0.39 is 0 Å². The van der Waals surface area contributed by atoms with Crippen molar-refractivity contribution in [1.82, 2.24) is 10.2 Å². The Morgan fingerprint density at radius 2 is 2.41 bits per heavy atom. The van der Waals surface area contributed by atoms with E-state index in [9.17, 15) is 4.39 Å². The molecule has 0 aliphatic carbocycles. The molecule has 0 bridgehead atoms. The lowest BCUT2D eigenvalue weighted by Crippen LogP contribution is -2.48. The van der Waals surface area contributed by atoms with Gasteiger partial charge in [-0.05, 0) is 24.6 Å². The molecule has 0 radical (unpaired) electrons. The second kappa shape index (κ2) is 5.26. The van der Waals surface area contributed by atoms with Crippen LogP contribution in [0.4, 0.5) is 4.39 Å². The number of hydrogen-bond acceptors (Lipinski definition) is 3. The topological polar surface area (TPSA) is 39.1 Å². The molecule has 1 atom stereocenters. The Hall–Kier alpha value is -1.44. The highest BCUT2D eigenvalue weighted by atomic mass is 19.1. The summed E-state index contributed by atoms with van der Waals surface area (Å²) in [5.41, 5.74) is 1.35. The van der Waals surface area contributed by atoms with Gasteiger partial charge in [0, 0.05) is 32.2 Å². The SMILES string of the molecule is CC1CN(Cc2ccc(F)cc2C#N)CCN1. The van der Waals surface area contributed by atoms with Crippen molar-refractivity contribution in [3.05, 3.63) is 35.1 Å². The fourth-order valence-electron chi connectivity index (χ4n) is 2.19. The van der Waals surface area contributed by atoms with Crippen LogP contribution >= 0.6 is 0 Å². The second-order valence-electron chi connectivity index (χ2n) is 4.50. The lowest BCUT2D eigenvalue weighted by molar-refractivity contribution is 0.199. The van der Waals surface area contributed by atoms with Crippen LogP contribution in [-0.2, 0) is 6.54 Å². The van der Waals surface area contributed by atoms with Gasteiger partial charge in [0.1, 0.15) is 5.82 Å². The number of piperazine rings is 1. The summed E-state index contributed by atoms with van der Waals surface area (Å²) in [6, 6.07) is 6.96. The van der Waals surface area contributed by atoms with Gasteiger partial charge in [-0.2, -0.15) is 5.26 Å². The van der Waals surface area contributed by atoms with Crippen LogP contribution in [0, 0.1) is 17.1 Å². The van der Waals surface area contributed by atoms with Crippen LogP contribution in [0.3, 0.4) is 0 Å². The van der Waals surface area contributed by atoms with Crippen LogP contribution in [0.5, 0.6) is 0 Å². The summed E-state index contributed by atoms with van der Waals surface area (Å²) in [6.07, 6.45) is 0. The van der Waals surface area contributed by atoms with Crippen molar-refractivity contribution in [2.45, 2.75) is 19.5 Å². The number of hydrogen-bond donors (Lipinski definition) is 1. The number of nitrogens with zero attached hydrogens (tertiary/aromatic N) is 2. The molecule has 17 heavy (non-hydrogen) atoms. The lowest BCUT2D eigenvalue weighted by atomic mass is 10.1. The number of halogens is 1. The van der Waals surface area contributed by atoms with E-state index in [4.69, 9.17) is 5.26 Å². The third-order valence-corrected chi connectivity index (χ3v) is 3.04. The zero-order chi connectivity index (χ0) is 12.3. The molecule has 4 heteroatoms. The van der Waals surface area contributed by atoms with Crippen LogP contribution in [0.2, 0.25) is 0 Å². The van der Waals surface area contributed by atoms with Crippen molar-refractivity contribution in [3.63, 3.8) is 0 Å². The van der Waals surface area contributed by atoms with Gasteiger partial charge in [0.15, 0.2) is 0 Å². The van der Waals surface area contributed by atoms with Crippen molar-refractivity contribution in [1.29, 1.82) is 5.26 Å². The molecule has 1 aromatic carbocycles. The number of nitriles is 1. The van der Waals surface area contributed by atoms with Crippen LogP contribution in [-0.4, -0.2) is 30.6 Å². The van der Waals surface area contributed by atoms with Crippen molar-refractivity contribution >= 4 is 0 Å². The predicted octanol–water partition coefficient (Wildman–Crippen LogP) is 1.49. The fourth-order valence-corrected chi connectivity index (χ4v) is 2.19. The highest BCUT2D eigenvalue weighted by Gasteiger charge is 2.16. The van der Waals surface area contributed by atoms with Gasteiger partial charge in [-0.1, -0.05) is 6.07 Å². The van der Waals surface area contributed by atoms with E-state index in [-0.39, 0.29) is 5.82 Å². The predicted molar refractivity (Wildman–Crippen MR) is 63.9 cm³/mol. The van der Waals surface area contributed by atoms with Crippen LogP contribution in [0.15, 0.2) is 18.2 Å². The molecule has 1 aromatic rings. The van der Waals surface area contributed by atoms with Gasteiger partial charge in [0.2, 0.25) is 0 Å². The molecule has 0 amide bonds. The van der Waals surface area contributed by atoms with Crippen molar-refractivity contribution < 1.29 is 4.39 Å².